The first kappa shape index (κ1) is 15.4. The standard InChI is InChI=1S/C16H22N2O3/c1-16(2,3)18-9-12-14(21-10-17-12)11-7-6-8-13(19-4)15(11)20-5/h6-8,10,18H,9H2,1-5H3. The van der Waals surface area contributed by atoms with Crippen LogP contribution in [0.5, 0.6) is 11.5 Å². The third kappa shape index (κ3) is 3.55. The van der Waals surface area contributed by atoms with Gasteiger partial charge in [-0.05, 0) is 32.9 Å². The fraction of sp³-hybridized carbons (Fsp3) is 0.438. The highest BCUT2D eigenvalue weighted by molar-refractivity contribution is 5.71. The molecule has 0 saturated heterocycles. The van der Waals surface area contributed by atoms with Crippen molar-refractivity contribution in [2.75, 3.05) is 14.2 Å². The number of para-hydroxylation sites is 1. The molecule has 0 aliphatic rings. The van der Waals surface area contributed by atoms with Crippen molar-refractivity contribution < 1.29 is 13.9 Å². The minimum Gasteiger partial charge on any atom is -0.493 e. The summed E-state index contributed by atoms with van der Waals surface area (Å²) >= 11 is 0. The molecule has 114 valence electrons. The summed E-state index contributed by atoms with van der Waals surface area (Å²) in [6.45, 7) is 6.95. The molecule has 2 aromatic rings. The molecule has 0 bridgehead atoms. The Hall–Kier alpha value is -2.01. The van der Waals surface area contributed by atoms with Crippen LogP contribution in [0.2, 0.25) is 0 Å². The molecule has 5 nitrogen and oxygen atoms in total. The predicted molar refractivity (Wildman–Crippen MR) is 81.6 cm³/mol. The molecular weight excluding hydrogens is 268 g/mol. The molecule has 0 unspecified atom stereocenters. The van der Waals surface area contributed by atoms with E-state index in [4.69, 9.17) is 13.9 Å². The maximum atomic E-state index is 5.57. The molecule has 1 aromatic heterocycles. The van der Waals surface area contributed by atoms with Crippen LogP contribution < -0.4 is 14.8 Å². The Morgan fingerprint density at radius 2 is 1.95 bits per heavy atom. The monoisotopic (exact) mass is 290 g/mol. The van der Waals surface area contributed by atoms with Gasteiger partial charge in [-0.25, -0.2) is 4.98 Å². The van der Waals surface area contributed by atoms with Gasteiger partial charge in [0, 0.05) is 12.1 Å². The fourth-order valence-electron chi connectivity index (χ4n) is 2.03. The first-order chi connectivity index (χ1) is 9.96. The first-order valence-electron chi connectivity index (χ1n) is 6.85. The summed E-state index contributed by atoms with van der Waals surface area (Å²) in [7, 11) is 3.23. The van der Waals surface area contributed by atoms with Gasteiger partial charge in [-0.1, -0.05) is 6.07 Å². The molecule has 0 radical (unpaired) electrons. The summed E-state index contributed by atoms with van der Waals surface area (Å²) in [6.07, 6.45) is 1.45. The van der Waals surface area contributed by atoms with Gasteiger partial charge < -0.3 is 19.2 Å². The average molecular weight is 290 g/mol. The lowest BCUT2D eigenvalue weighted by Crippen LogP contribution is -2.35. The Labute approximate surface area is 125 Å². The summed E-state index contributed by atoms with van der Waals surface area (Å²) in [5, 5.41) is 3.41. The van der Waals surface area contributed by atoms with Crippen LogP contribution >= 0.6 is 0 Å². The lowest BCUT2D eigenvalue weighted by atomic mass is 10.1. The minimum absolute atomic E-state index is 0.00862. The zero-order valence-electron chi connectivity index (χ0n) is 13.2. The third-order valence-corrected chi connectivity index (χ3v) is 3.07. The number of rotatable bonds is 5. The molecule has 1 N–H and O–H groups in total. The zero-order chi connectivity index (χ0) is 15.5. The maximum absolute atomic E-state index is 5.57. The SMILES string of the molecule is COc1cccc(-c2ocnc2CNC(C)(C)C)c1OC. The molecule has 0 saturated carbocycles. The number of hydrogen-bond acceptors (Lipinski definition) is 5. The first-order valence-corrected chi connectivity index (χ1v) is 6.85. The molecule has 0 aliphatic carbocycles. The van der Waals surface area contributed by atoms with Crippen molar-refractivity contribution in [1.82, 2.24) is 10.3 Å². The maximum Gasteiger partial charge on any atom is 0.181 e. The fourth-order valence-corrected chi connectivity index (χ4v) is 2.03. The van der Waals surface area contributed by atoms with E-state index in [0.717, 1.165) is 11.3 Å². The second-order valence-electron chi connectivity index (χ2n) is 5.77. The number of methoxy groups -OCH3 is 2. The van der Waals surface area contributed by atoms with Gasteiger partial charge in [0.25, 0.3) is 0 Å². The molecule has 0 atom stereocenters. The van der Waals surface area contributed by atoms with E-state index < -0.39 is 0 Å². The summed E-state index contributed by atoms with van der Waals surface area (Å²) in [5.41, 5.74) is 1.69. The highest BCUT2D eigenvalue weighted by Gasteiger charge is 2.19. The van der Waals surface area contributed by atoms with Gasteiger partial charge in [0.1, 0.15) is 5.69 Å². The molecular formula is C16H22N2O3. The predicted octanol–water partition coefficient (Wildman–Crippen LogP) is 3.25. The van der Waals surface area contributed by atoms with Crippen LogP contribution in [0, 0.1) is 0 Å². The van der Waals surface area contributed by atoms with Crippen LogP contribution in [0.25, 0.3) is 11.3 Å². The summed E-state index contributed by atoms with van der Waals surface area (Å²) in [4.78, 5) is 4.30. The lowest BCUT2D eigenvalue weighted by molar-refractivity contribution is 0.355. The summed E-state index contributed by atoms with van der Waals surface area (Å²) in [6, 6.07) is 5.69. The molecule has 2 rings (SSSR count). The third-order valence-electron chi connectivity index (χ3n) is 3.07. The number of nitrogens with zero attached hydrogens (tertiary/aromatic N) is 1. The van der Waals surface area contributed by atoms with E-state index in [1.165, 1.54) is 6.39 Å². The molecule has 0 aliphatic heterocycles. The van der Waals surface area contributed by atoms with Gasteiger partial charge in [0.15, 0.2) is 23.7 Å². The van der Waals surface area contributed by atoms with Crippen LogP contribution in [0.1, 0.15) is 26.5 Å². The van der Waals surface area contributed by atoms with E-state index in [1.807, 2.05) is 18.2 Å². The van der Waals surface area contributed by atoms with Gasteiger partial charge >= 0.3 is 0 Å². The number of aromatic nitrogens is 1. The average Bonchev–Trinajstić information content (AvgIpc) is 2.91. The Morgan fingerprint density at radius 1 is 1.19 bits per heavy atom. The molecule has 0 fully saturated rings. The normalized spacial score (nSPS) is 11.5. The van der Waals surface area contributed by atoms with Crippen LogP contribution in [0.15, 0.2) is 29.0 Å². The smallest absolute Gasteiger partial charge is 0.181 e. The van der Waals surface area contributed by atoms with E-state index in [2.05, 4.69) is 31.1 Å². The van der Waals surface area contributed by atoms with Crippen LogP contribution in [-0.4, -0.2) is 24.7 Å². The van der Waals surface area contributed by atoms with Crippen molar-refractivity contribution in [2.24, 2.45) is 0 Å². The molecule has 21 heavy (non-hydrogen) atoms. The molecule has 0 spiro atoms. The van der Waals surface area contributed by atoms with Crippen molar-refractivity contribution in [3.8, 4) is 22.8 Å². The van der Waals surface area contributed by atoms with E-state index in [0.29, 0.717) is 23.8 Å². The highest BCUT2D eigenvalue weighted by atomic mass is 16.5. The number of benzene rings is 1. The van der Waals surface area contributed by atoms with Crippen molar-refractivity contribution in [2.45, 2.75) is 32.9 Å². The Morgan fingerprint density at radius 3 is 2.57 bits per heavy atom. The second kappa shape index (κ2) is 6.18. The van der Waals surface area contributed by atoms with Gasteiger partial charge in [-0.3, -0.25) is 0 Å². The minimum atomic E-state index is 0.00862. The van der Waals surface area contributed by atoms with Gasteiger partial charge in [0.2, 0.25) is 0 Å². The van der Waals surface area contributed by atoms with Crippen LogP contribution in [0.4, 0.5) is 0 Å². The van der Waals surface area contributed by atoms with E-state index >= 15 is 0 Å². The lowest BCUT2D eigenvalue weighted by Gasteiger charge is -2.20. The number of hydrogen-bond donors (Lipinski definition) is 1. The molecule has 1 heterocycles. The van der Waals surface area contributed by atoms with Crippen molar-refractivity contribution in [3.05, 3.63) is 30.3 Å². The van der Waals surface area contributed by atoms with E-state index in [1.54, 1.807) is 14.2 Å². The Bertz CT molecular complexity index is 600. The molecule has 1 aromatic carbocycles. The Balaban J connectivity index is 2.37. The molecule has 5 heteroatoms. The van der Waals surface area contributed by atoms with Crippen molar-refractivity contribution in [3.63, 3.8) is 0 Å². The van der Waals surface area contributed by atoms with E-state index in [9.17, 15) is 0 Å². The van der Waals surface area contributed by atoms with Gasteiger partial charge in [-0.2, -0.15) is 0 Å². The van der Waals surface area contributed by atoms with Crippen LogP contribution in [0.3, 0.4) is 0 Å². The number of nitrogens with one attached hydrogen (secondary N) is 1. The van der Waals surface area contributed by atoms with E-state index in [-0.39, 0.29) is 5.54 Å². The molecule has 0 amide bonds. The van der Waals surface area contributed by atoms with Gasteiger partial charge in [-0.15, -0.1) is 0 Å². The number of oxazole rings is 1. The Kier molecular flexibility index (Phi) is 4.53. The zero-order valence-corrected chi connectivity index (χ0v) is 13.2. The number of ether oxygens (including phenoxy) is 2. The summed E-state index contributed by atoms with van der Waals surface area (Å²) in [5.74, 6) is 2.01. The largest absolute Gasteiger partial charge is 0.493 e. The topological polar surface area (TPSA) is 56.5 Å². The van der Waals surface area contributed by atoms with Gasteiger partial charge in [0.05, 0.1) is 19.8 Å². The quantitative estimate of drug-likeness (QED) is 0.916. The van der Waals surface area contributed by atoms with Crippen molar-refractivity contribution >= 4 is 0 Å². The second-order valence-corrected chi connectivity index (χ2v) is 5.77. The van der Waals surface area contributed by atoms with Crippen molar-refractivity contribution in [1.29, 1.82) is 0 Å². The highest BCUT2D eigenvalue weighted by Crippen LogP contribution is 2.38. The van der Waals surface area contributed by atoms with Crippen LogP contribution in [-0.2, 0) is 6.54 Å². The summed E-state index contributed by atoms with van der Waals surface area (Å²) < 4.78 is 16.4.